The van der Waals surface area contributed by atoms with Crippen molar-refractivity contribution in [3.8, 4) is 0 Å². The lowest BCUT2D eigenvalue weighted by Crippen LogP contribution is -2.52. The molecule has 7 heteroatoms. The molecule has 0 saturated carbocycles. The SMILES string of the molecule is CCn1nc(C)c([C@H](C)NC(=O)N2CCN(c3cccnc3)CC2)c1C. The van der Waals surface area contributed by atoms with Crippen molar-refractivity contribution in [1.82, 2.24) is 25.0 Å². The topological polar surface area (TPSA) is 66.3 Å². The van der Waals surface area contributed by atoms with E-state index in [4.69, 9.17) is 0 Å². The molecular weight excluding hydrogens is 328 g/mol. The molecule has 0 radical (unpaired) electrons. The first kappa shape index (κ1) is 18.2. The van der Waals surface area contributed by atoms with Gasteiger partial charge in [-0.15, -0.1) is 0 Å². The van der Waals surface area contributed by atoms with Gasteiger partial charge in [0.2, 0.25) is 0 Å². The molecule has 1 N–H and O–H groups in total. The number of anilines is 1. The predicted molar refractivity (Wildman–Crippen MR) is 102 cm³/mol. The molecule has 140 valence electrons. The van der Waals surface area contributed by atoms with E-state index in [0.29, 0.717) is 13.1 Å². The Morgan fingerprint density at radius 3 is 2.58 bits per heavy atom. The molecule has 2 amide bonds. The van der Waals surface area contributed by atoms with Crippen molar-refractivity contribution >= 4 is 11.7 Å². The number of hydrogen-bond acceptors (Lipinski definition) is 4. The molecule has 7 nitrogen and oxygen atoms in total. The molecule has 0 aliphatic carbocycles. The van der Waals surface area contributed by atoms with E-state index in [0.717, 1.165) is 42.3 Å². The molecule has 1 aliphatic heterocycles. The number of rotatable bonds is 4. The monoisotopic (exact) mass is 356 g/mol. The van der Waals surface area contributed by atoms with Crippen molar-refractivity contribution < 1.29 is 4.79 Å². The smallest absolute Gasteiger partial charge is 0.317 e. The van der Waals surface area contributed by atoms with Gasteiger partial charge in [-0.3, -0.25) is 9.67 Å². The number of urea groups is 1. The minimum atomic E-state index is -0.0563. The van der Waals surface area contributed by atoms with Gasteiger partial charge in [0.15, 0.2) is 0 Å². The van der Waals surface area contributed by atoms with Gasteiger partial charge < -0.3 is 15.1 Å². The average Bonchev–Trinajstić information content (AvgIpc) is 2.96. The summed E-state index contributed by atoms with van der Waals surface area (Å²) in [6.07, 6.45) is 3.65. The zero-order valence-electron chi connectivity index (χ0n) is 16.1. The molecule has 2 aromatic heterocycles. The van der Waals surface area contributed by atoms with Gasteiger partial charge in [-0.05, 0) is 39.8 Å². The number of nitrogens with one attached hydrogen (secondary N) is 1. The highest BCUT2D eigenvalue weighted by molar-refractivity contribution is 5.75. The Morgan fingerprint density at radius 2 is 2.00 bits per heavy atom. The lowest BCUT2D eigenvalue weighted by molar-refractivity contribution is 0.191. The fraction of sp³-hybridized carbons (Fsp3) is 0.526. The van der Waals surface area contributed by atoms with Crippen LogP contribution in [0.25, 0.3) is 0 Å². The lowest BCUT2D eigenvalue weighted by Gasteiger charge is -2.36. The number of nitrogens with zero attached hydrogens (tertiary/aromatic N) is 5. The van der Waals surface area contributed by atoms with Crippen LogP contribution in [0.3, 0.4) is 0 Å². The Morgan fingerprint density at radius 1 is 1.27 bits per heavy atom. The quantitative estimate of drug-likeness (QED) is 0.914. The summed E-state index contributed by atoms with van der Waals surface area (Å²) in [6, 6.07) is 3.93. The highest BCUT2D eigenvalue weighted by Crippen LogP contribution is 2.22. The first-order chi connectivity index (χ1) is 12.5. The Kier molecular flexibility index (Phi) is 5.44. The van der Waals surface area contributed by atoms with E-state index in [9.17, 15) is 4.79 Å². The molecule has 3 heterocycles. The number of pyridine rings is 1. The van der Waals surface area contributed by atoms with Crippen molar-refractivity contribution in [1.29, 1.82) is 0 Å². The van der Waals surface area contributed by atoms with Gasteiger partial charge in [0.05, 0.1) is 23.6 Å². The highest BCUT2D eigenvalue weighted by atomic mass is 16.2. The number of amides is 2. The van der Waals surface area contributed by atoms with E-state index in [1.807, 2.05) is 35.7 Å². The Bertz CT molecular complexity index is 749. The normalized spacial score (nSPS) is 15.8. The zero-order valence-corrected chi connectivity index (χ0v) is 16.1. The van der Waals surface area contributed by atoms with Crippen LogP contribution in [0, 0.1) is 13.8 Å². The number of aromatic nitrogens is 3. The van der Waals surface area contributed by atoms with E-state index >= 15 is 0 Å². The Balaban J connectivity index is 1.58. The second kappa shape index (κ2) is 7.76. The summed E-state index contributed by atoms with van der Waals surface area (Å²) in [5.41, 5.74) is 4.34. The van der Waals surface area contributed by atoms with Crippen LogP contribution >= 0.6 is 0 Å². The molecule has 3 rings (SSSR count). The van der Waals surface area contributed by atoms with Gasteiger partial charge in [-0.1, -0.05) is 0 Å². The number of carbonyl (C=O) groups excluding carboxylic acids is 1. The summed E-state index contributed by atoms with van der Waals surface area (Å²) in [6.45, 7) is 12.1. The highest BCUT2D eigenvalue weighted by Gasteiger charge is 2.24. The number of aryl methyl sites for hydroxylation is 2. The van der Waals surface area contributed by atoms with Crippen molar-refractivity contribution in [2.45, 2.75) is 40.3 Å². The minimum Gasteiger partial charge on any atom is -0.367 e. The van der Waals surface area contributed by atoms with Crippen molar-refractivity contribution in [3.63, 3.8) is 0 Å². The van der Waals surface area contributed by atoms with E-state index in [1.54, 1.807) is 6.20 Å². The molecular formula is C19H28N6O. The molecule has 0 unspecified atom stereocenters. The van der Waals surface area contributed by atoms with Gasteiger partial charge in [-0.25, -0.2) is 4.79 Å². The summed E-state index contributed by atoms with van der Waals surface area (Å²) in [5.74, 6) is 0. The van der Waals surface area contributed by atoms with E-state index < -0.39 is 0 Å². The molecule has 26 heavy (non-hydrogen) atoms. The molecule has 2 aromatic rings. The fourth-order valence-electron chi connectivity index (χ4n) is 3.70. The molecule has 1 aliphatic rings. The second-order valence-corrected chi connectivity index (χ2v) is 6.76. The fourth-order valence-corrected chi connectivity index (χ4v) is 3.70. The summed E-state index contributed by atoms with van der Waals surface area (Å²) in [5, 5.41) is 7.69. The van der Waals surface area contributed by atoms with Crippen LogP contribution in [0.1, 0.15) is 36.8 Å². The maximum Gasteiger partial charge on any atom is 0.317 e. The van der Waals surface area contributed by atoms with Crippen LogP contribution in [0.5, 0.6) is 0 Å². The Hall–Kier alpha value is -2.57. The molecule has 1 atom stereocenters. The van der Waals surface area contributed by atoms with E-state index in [-0.39, 0.29) is 12.1 Å². The van der Waals surface area contributed by atoms with Crippen LogP contribution in [0.2, 0.25) is 0 Å². The third-order valence-corrected chi connectivity index (χ3v) is 5.09. The molecule has 0 aromatic carbocycles. The van der Waals surface area contributed by atoms with Crippen molar-refractivity contribution in [2.75, 3.05) is 31.1 Å². The van der Waals surface area contributed by atoms with Crippen LogP contribution in [0.15, 0.2) is 24.5 Å². The van der Waals surface area contributed by atoms with E-state index in [1.165, 1.54) is 0 Å². The van der Waals surface area contributed by atoms with Gasteiger partial charge in [0, 0.05) is 50.2 Å². The first-order valence-electron chi connectivity index (χ1n) is 9.25. The third kappa shape index (κ3) is 3.66. The molecule has 0 spiro atoms. The van der Waals surface area contributed by atoms with Crippen LogP contribution in [-0.2, 0) is 6.54 Å². The van der Waals surface area contributed by atoms with Gasteiger partial charge in [-0.2, -0.15) is 5.10 Å². The van der Waals surface area contributed by atoms with E-state index in [2.05, 4.69) is 40.2 Å². The number of carbonyl (C=O) groups is 1. The standard InChI is InChI=1S/C19H28N6O/c1-5-25-16(4)18(15(3)22-25)14(2)21-19(26)24-11-9-23(10-12-24)17-7-6-8-20-13-17/h6-8,13-14H,5,9-12H2,1-4H3,(H,21,26)/t14-/m0/s1. The number of piperazine rings is 1. The summed E-state index contributed by atoms with van der Waals surface area (Å²) in [7, 11) is 0. The van der Waals surface area contributed by atoms with Crippen LogP contribution < -0.4 is 10.2 Å². The zero-order chi connectivity index (χ0) is 18.7. The second-order valence-electron chi connectivity index (χ2n) is 6.76. The largest absolute Gasteiger partial charge is 0.367 e. The van der Waals surface area contributed by atoms with Crippen molar-refractivity contribution in [2.24, 2.45) is 0 Å². The molecule has 1 saturated heterocycles. The number of hydrogen-bond donors (Lipinski definition) is 1. The maximum absolute atomic E-state index is 12.7. The maximum atomic E-state index is 12.7. The van der Waals surface area contributed by atoms with Gasteiger partial charge in [0.25, 0.3) is 0 Å². The Labute approximate surface area is 155 Å². The predicted octanol–water partition coefficient (Wildman–Crippen LogP) is 2.51. The first-order valence-corrected chi connectivity index (χ1v) is 9.25. The van der Waals surface area contributed by atoms with Gasteiger partial charge >= 0.3 is 6.03 Å². The summed E-state index contributed by atoms with van der Waals surface area (Å²) < 4.78 is 1.99. The minimum absolute atomic E-state index is 0.00798. The average molecular weight is 356 g/mol. The van der Waals surface area contributed by atoms with Gasteiger partial charge in [0.1, 0.15) is 0 Å². The van der Waals surface area contributed by atoms with Crippen LogP contribution in [0.4, 0.5) is 10.5 Å². The lowest BCUT2D eigenvalue weighted by atomic mass is 10.1. The summed E-state index contributed by atoms with van der Waals surface area (Å²) >= 11 is 0. The van der Waals surface area contributed by atoms with Crippen molar-refractivity contribution in [3.05, 3.63) is 41.5 Å². The molecule has 0 bridgehead atoms. The molecule has 1 fully saturated rings. The summed E-state index contributed by atoms with van der Waals surface area (Å²) in [4.78, 5) is 21.0. The third-order valence-electron chi connectivity index (χ3n) is 5.09. The van der Waals surface area contributed by atoms with Crippen LogP contribution in [-0.4, -0.2) is 51.9 Å².